The summed E-state index contributed by atoms with van der Waals surface area (Å²) in [6.07, 6.45) is 2.04. The minimum absolute atomic E-state index is 0.0351. The van der Waals surface area contributed by atoms with Crippen molar-refractivity contribution in [1.29, 1.82) is 5.26 Å². The van der Waals surface area contributed by atoms with E-state index in [1.807, 2.05) is 19.2 Å². The van der Waals surface area contributed by atoms with Crippen molar-refractivity contribution in [1.82, 2.24) is 0 Å². The molecule has 0 fully saturated rings. The fourth-order valence-corrected chi connectivity index (χ4v) is 2.51. The first kappa shape index (κ1) is 15.4. The summed E-state index contributed by atoms with van der Waals surface area (Å²) >= 11 is 1.70. The lowest BCUT2D eigenvalue weighted by Gasteiger charge is -2.18. The monoisotopic (exact) mass is 300 g/mol. The fourth-order valence-electron chi connectivity index (χ4n) is 2.10. The Kier molecular flexibility index (Phi) is 4.87. The highest BCUT2D eigenvalue weighted by Crippen LogP contribution is 2.26. The zero-order chi connectivity index (χ0) is 15.4. The standard InChI is InChI=1S/C17H17FN2S/c1-11-16(18)8-13(10-19)9-17(11)20-12(2)14-4-6-15(21-3)7-5-14/h4-9,12,20H,1-3H3. The molecule has 0 heterocycles. The Morgan fingerprint density at radius 2 is 1.90 bits per heavy atom. The van der Waals surface area contributed by atoms with Gasteiger partial charge in [-0.15, -0.1) is 11.8 Å². The first-order valence-corrected chi connectivity index (χ1v) is 7.88. The summed E-state index contributed by atoms with van der Waals surface area (Å²) in [6, 6.07) is 13.2. The highest BCUT2D eigenvalue weighted by Gasteiger charge is 2.11. The summed E-state index contributed by atoms with van der Waals surface area (Å²) in [4.78, 5) is 1.21. The zero-order valence-electron chi connectivity index (χ0n) is 12.3. The quantitative estimate of drug-likeness (QED) is 0.816. The molecule has 2 aromatic carbocycles. The van der Waals surface area contributed by atoms with Crippen LogP contribution in [0, 0.1) is 24.1 Å². The van der Waals surface area contributed by atoms with E-state index in [1.165, 1.54) is 11.0 Å². The van der Waals surface area contributed by atoms with Crippen LogP contribution in [0.3, 0.4) is 0 Å². The van der Waals surface area contributed by atoms with Crippen molar-refractivity contribution in [3.63, 3.8) is 0 Å². The van der Waals surface area contributed by atoms with Gasteiger partial charge in [-0.25, -0.2) is 4.39 Å². The molecule has 0 saturated carbocycles. The first-order valence-electron chi connectivity index (χ1n) is 6.66. The number of nitrogens with one attached hydrogen (secondary N) is 1. The van der Waals surface area contributed by atoms with Gasteiger partial charge in [0, 0.05) is 22.2 Å². The van der Waals surface area contributed by atoms with Gasteiger partial charge in [-0.3, -0.25) is 0 Å². The van der Waals surface area contributed by atoms with Crippen LogP contribution in [-0.4, -0.2) is 6.26 Å². The molecule has 0 spiro atoms. The average Bonchev–Trinajstić information content (AvgIpc) is 2.51. The van der Waals surface area contributed by atoms with Gasteiger partial charge in [-0.05, 0) is 49.9 Å². The van der Waals surface area contributed by atoms with E-state index in [0.29, 0.717) is 16.8 Å². The third-order valence-corrected chi connectivity index (χ3v) is 4.20. The maximum Gasteiger partial charge on any atom is 0.129 e. The van der Waals surface area contributed by atoms with Crippen LogP contribution in [0.25, 0.3) is 0 Å². The van der Waals surface area contributed by atoms with Crippen LogP contribution in [0.1, 0.15) is 29.7 Å². The largest absolute Gasteiger partial charge is 0.378 e. The number of nitriles is 1. The molecular formula is C17H17FN2S. The predicted octanol–water partition coefficient (Wildman–Crippen LogP) is 4.90. The number of hydrogen-bond acceptors (Lipinski definition) is 3. The van der Waals surface area contributed by atoms with Crippen LogP contribution < -0.4 is 5.32 Å². The molecule has 2 rings (SSSR count). The number of nitrogens with zero attached hydrogens (tertiary/aromatic N) is 1. The third kappa shape index (κ3) is 3.56. The molecule has 0 amide bonds. The first-order chi connectivity index (χ1) is 10.0. The molecule has 0 aliphatic rings. The molecule has 21 heavy (non-hydrogen) atoms. The number of thioether (sulfide) groups is 1. The molecule has 1 N–H and O–H groups in total. The number of halogens is 1. The summed E-state index contributed by atoms with van der Waals surface area (Å²) < 4.78 is 13.8. The molecule has 4 heteroatoms. The highest BCUT2D eigenvalue weighted by atomic mass is 32.2. The minimum atomic E-state index is -0.360. The summed E-state index contributed by atoms with van der Waals surface area (Å²) in [7, 11) is 0. The van der Waals surface area contributed by atoms with Gasteiger partial charge in [0.15, 0.2) is 0 Å². The average molecular weight is 300 g/mol. The molecule has 0 aliphatic heterocycles. The molecular weight excluding hydrogens is 283 g/mol. The fraction of sp³-hybridized carbons (Fsp3) is 0.235. The van der Waals surface area contributed by atoms with E-state index in [1.54, 1.807) is 24.8 Å². The Hall–Kier alpha value is -1.99. The molecule has 0 aromatic heterocycles. The summed E-state index contributed by atoms with van der Waals surface area (Å²) in [6.45, 7) is 3.73. The van der Waals surface area contributed by atoms with Gasteiger partial charge in [0.1, 0.15) is 5.82 Å². The number of anilines is 1. The molecule has 1 unspecified atom stereocenters. The molecule has 0 radical (unpaired) electrons. The Morgan fingerprint density at radius 3 is 2.48 bits per heavy atom. The van der Waals surface area contributed by atoms with E-state index < -0.39 is 0 Å². The predicted molar refractivity (Wildman–Crippen MR) is 86.1 cm³/mol. The SMILES string of the molecule is CSc1ccc(C(C)Nc2cc(C#N)cc(F)c2C)cc1. The van der Waals surface area contributed by atoms with E-state index in [-0.39, 0.29) is 11.9 Å². The van der Waals surface area contributed by atoms with Crippen molar-refractivity contribution in [3.05, 3.63) is 58.9 Å². The second-order valence-corrected chi connectivity index (χ2v) is 5.76. The van der Waals surface area contributed by atoms with Crippen molar-refractivity contribution in [2.24, 2.45) is 0 Å². The van der Waals surface area contributed by atoms with Crippen molar-refractivity contribution in [3.8, 4) is 6.07 Å². The van der Waals surface area contributed by atoms with Crippen LogP contribution >= 0.6 is 11.8 Å². The topological polar surface area (TPSA) is 35.8 Å². The molecule has 0 aliphatic carbocycles. The maximum atomic E-state index is 13.8. The van der Waals surface area contributed by atoms with Gasteiger partial charge in [-0.2, -0.15) is 5.26 Å². The van der Waals surface area contributed by atoms with Crippen molar-refractivity contribution in [2.75, 3.05) is 11.6 Å². The van der Waals surface area contributed by atoms with Crippen molar-refractivity contribution in [2.45, 2.75) is 24.8 Å². The third-order valence-electron chi connectivity index (χ3n) is 3.46. The minimum Gasteiger partial charge on any atom is -0.378 e. The van der Waals surface area contributed by atoms with E-state index >= 15 is 0 Å². The van der Waals surface area contributed by atoms with E-state index in [0.717, 1.165) is 5.56 Å². The highest BCUT2D eigenvalue weighted by molar-refractivity contribution is 7.98. The Balaban J connectivity index is 2.24. The van der Waals surface area contributed by atoms with E-state index in [2.05, 4.69) is 29.6 Å². The van der Waals surface area contributed by atoms with Crippen LogP contribution in [-0.2, 0) is 0 Å². The number of hydrogen-bond donors (Lipinski definition) is 1. The van der Waals surface area contributed by atoms with Gasteiger partial charge in [0.05, 0.1) is 11.6 Å². The number of rotatable bonds is 4. The van der Waals surface area contributed by atoms with Gasteiger partial charge in [-0.1, -0.05) is 12.1 Å². The van der Waals surface area contributed by atoms with Gasteiger partial charge in [0.2, 0.25) is 0 Å². The molecule has 0 saturated heterocycles. The Morgan fingerprint density at radius 1 is 1.24 bits per heavy atom. The van der Waals surface area contributed by atoms with Crippen LogP contribution in [0.4, 0.5) is 10.1 Å². The summed E-state index contributed by atoms with van der Waals surface area (Å²) in [5.41, 5.74) is 2.63. The van der Waals surface area contributed by atoms with Crippen LogP contribution in [0.2, 0.25) is 0 Å². The summed E-state index contributed by atoms with van der Waals surface area (Å²) in [5.74, 6) is -0.360. The molecule has 0 bridgehead atoms. The maximum absolute atomic E-state index is 13.8. The second-order valence-electron chi connectivity index (χ2n) is 4.88. The lowest BCUT2D eigenvalue weighted by molar-refractivity contribution is 0.618. The molecule has 2 nitrogen and oxygen atoms in total. The van der Waals surface area contributed by atoms with E-state index in [4.69, 9.17) is 5.26 Å². The zero-order valence-corrected chi connectivity index (χ0v) is 13.1. The number of benzene rings is 2. The molecule has 2 aromatic rings. The second kappa shape index (κ2) is 6.64. The Bertz CT molecular complexity index is 674. The lowest BCUT2D eigenvalue weighted by Crippen LogP contribution is -2.08. The van der Waals surface area contributed by atoms with Crippen molar-refractivity contribution < 1.29 is 4.39 Å². The van der Waals surface area contributed by atoms with Gasteiger partial charge >= 0.3 is 0 Å². The normalized spacial score (nSPS) is 11.8. The smallest absolute Gasteiger partial charge is 0.129 e. The van der Waals surface area contributed by atoms with E-state index in [9.17, 15) is 4.39 Å². The lowest BCUT2D eigenvalue weighted by atomic mass is 10.1. The molecule has 1 atom stereocenters. The van der Waals surface area contributed by atoms with Crippen LogP contribution in [0.5, 0.6) is 0 Å². The van der Waals surface area contributed by atoms with Crippen molar-refractivity contribution >= 4 is 17.4 Å². The molecule has 108 valence electrons. The van der Waals surface area contributed by atoms with Gasteiger partial charge in [0.25, 0.3) is 0 Å². The van der Waals surface area contributed by atoms with Crippen LogP contribution in [0.15, 0.2) is 41.3 Å². The summed E-state index contributed by atoms with van der Waals surface area (Å²) in [5, 5.41) is 12.2. The van der Waals surface area contributed by atoms with Gasteiger partial charge < -0.3 is 5.32 Å². The Labute approximate surface area is 129 Å².